The van der Waals surface area contributed by atoms with Crippen LogP contribution >= 0.6 is 0 Å². The Kier molecular flexibility index (Phi) is 4.79. The van der Waals surface area contributed by atoms with E-state index < -0.39 is 12.0 Å². The standard InChI is InChI=1S/C13H19N3O4/c14-4-1-5-15(10-2-3-10)13(19)16-6-7-20-9-11(16)8-12(17)18/h10-11H,1-3,5-9H2,(H,17,18). The summed E-state index contributed by atoms with van der Waals surface area (Å²) < 4.78 is 5.27. The number of carboxylic acids is 1. The first-order chi connectivity index (χ1) is 9.63. The van der Waals surface area contributed by atoms with E-state index in [9.17, 15) is 9.59 Å². The number of rotatable bonds is 5. The molecule has 7 heteroatoms. The Morgan fingerprint density at radius 1 is 1.45 bits per heavy atom. The smallest absolute Gasteiger partial charge is 0.320 e. The minimum absolute atomic E-state index is 0.109. The van der Waals surface area contributed by atoms with Gasteiger partial charge in [-0.15, -0.1) is 0 Å². The first kappa shape index (κ1) is 14.6. The number of nitriles is 1. The zero-order valence-electron chi connectivity index (χ0n) is 11.3. The average Bonchev–Trinajstić information content (AvgIpc) is 3.23. The van der Waals surface area contributed by atoms with Crippen molar-refractivity contribution >= 4 is 12.0 Å². The van der Waals surface area contributed by atoms with Gasteiger partial charge in [0.15, 0.2) is 0 Å². The second-order valence-electron chi connectivity index (χ2n) is 5.14. The van der Waals surface area contributed by atoms with Gasteiger partial charge in [-0.3, -0.25) is 4.79 Å². The third kappa shape index (κ3) is 3.61. The molecular formula is C13H19N3O4. The van der Waals surface area contributed by atoms with Gasteiger partial charge in [-0.1, -0.05) is 0 Å². The van der Waals surface area contributed by atoms with Crippen LogP contribution < -0.4 is 0 Å². The Hall–Kier alpha value is -1.81. The quantitative estimate of drug-likeness (QED) is 0.799. The van der Waals surface area contributed by atoms with Gasteiger partial charge in [0.2, 0.25) is 0 Å². The topological polar surface area (TPSA) is 93.9 Å². The van der Waals surface area contributed by atoms with Gasteiger partial charge in [-0.2, -0.15) is 5.26 Å². The predicted octanol–water partition coefficient (Wildman–Crippen LogP) is 0.660. The highest BCUT2D eigenvalue weighted by Crippen LogP contribution is 2.29. The number of aliphatic carboxylic acids is 1. The molecule has 1 aliphatic carbocycles. The van der Waals surface area contributed by atoms with Crippen LogP contribution in [0.3, 0.4) is 0 Å². The molecule has 20 heavy (non-hydrogen) atoms. The summed E-state index contributed by atoms with van der Waals surface area (Å²) in [5, 5.41) is 17.6. The number of urea groups is 1. The van der Waals surface area contributed by atoms with Gasteiger partial charge >= 0.3 is 12.0 Å². The molecule has 1 atom stereocenters. The molecule has 2 amide bonds. The van der Waals surface area contributed by atoms with Crippen LogP contribution in [0.15, 0.2) is 0 Å². The summed E-state index contributed by atoms with van der Waals surface area (Å²) >= 11 is 0. The Morgan fingerprint density at radius 2 is 2.20 bits per heavy atom. The van der Waals surface area contributed by atoms with E-state index in [1.54, 1.807) is 9.80 Å². The molecule has 0 radical (unpaired) electrons. The Labute approximate surface area is 117 Å². The molecule has 0 aromatic heterocycles. The van der Waals surface area contributed by atoms with E-state index in [0.29, 0.717) is 26.1 Å². The monoisotopic (exact) mass is 281 g/mol. The molecule has 0 aromatic rings. The van der Waals surface area contributed by atoms with Gasteiger partial charge in [0.05, 0.1) is 38.2 Å². The third-order valence-electron chi connectivity index (χ3n) is 3.58. The van der Waals surface area contributed by atoms with Crippen molar-refractivity contribution in [1.82, 2.24) is 9.80 Å². The fourth-order valence-corrected chi connectivity index (χ4v) is 2.43. The average molecular weight is 281 g/mol. The van der Waals surface area contributed by atoms with Crippen molar-refractivity contribution in [3.05, 3.63) is 0 Å². The third-order valence-corrected chi connectivity index (χ3v) is 3.58. The van der Waals surface area contributed by atoms with Gasteiger partial charge in [0.25, 0.3) is 0 Å². The van der Waals surface area contributed by atoms with Gasteiger partial charge in [0.1, 0.15) is 0 Å². The lowest BCUT2D eigenvalue weighted by Crippen LogP contribution is -2.54. The zero-order chi connectivity index (χ0) is 14.5. The molecule has 0 bridgehead atoms. The summed E-state index contributed by atoms with van der Waals surface area (Å²) in [5.41, 5.74) is 0. The van der Waals surface area contributed by atoms with E-state index in [1.807, 2.05) is 0 Å². The summed E-state index contributed by atoms with van der Waals surface area (Å²) in [6.45, 7) is 1.51. The maximum Gasteiger partial charge on any atom is 0.320 e. The minimum atomic E-state index is -0.937. The molecule has 110 valence electrons. The number of morpholine rings is 1. The molecule has 1 aliphatic heterocycles. The molecule has 1 heterocycles. The van der Waals surface area contributed by atoms with Crippen LogP contribution in [-0.2, 0) is 9.53 Å². The number of carboxylic acid groups (broad SMARTS) is 1. The van der Waals surface area contributed by atoms with Crippen LogP contribution in [0, 0.1) is 11.3 Å². The number of carbonyl (C=O) groups excluding carboxylic acids is 1. The molecule has 0 aromatic carbocycles. The van der Waals surface area contributed by atoms with E-state index in [-0.39, 0.29) is 25.1 Å². The summed E-state index contributed by atoms with van der Waals surface area (Å²) in [6, 6.07) is 1.69. The van der Waals surface area contributed by atoms with Crippen LogP contribution in [0.2, 0.25) is 0 Å². The second kappa shape index (κ2) is 6.57. The maximum atomic E-state index is 12.6. The summed E-state index contributed by atoms with van der Waals surface area (Å²) in [7, 11) is 0. The Bertz CT molecular complexity index is 416. The number of carbonyl (C=O) groups is 2. The zero-order valence-corrected chi connectivity index (χ0v) is 11.3. The van der Waals surface area contributed by atoms with E-state index in [2.05, 4.69) is 6.07 Å². The lowest BCUT2D eigenvalue weighted by atomic mass is 10.1. The molecule has 1 unspecified atom stereocenters. The molecule has 2 fully saturated rings. The first-order valence-corrected chi connectivity index (χ1v) is 6.87. The first-order valence-electron chi connectivity index (χ1n) is 6.87. The molecule has 0 spiro atoms. The van der Waals surface area contributed by atoms with Gasteiger partial charge in [-0.05, 0) is 12.8 Å². The number of amides is 2. The lowest BCUT2D eigenvalue weighted by Gasteiger charge is -2.38. The highest BCUT2D eigenvalue weighted by atomic mass is 16.5. The summed E-state index contributed by atoms with van der Waals surface area (Å²) in [4.78, 5) is 26.7. The SMILES string of the molecule is N#CCCN(C(=O)N1CCOCC1CC(=O)O)C1CC1. The molecule has 1 N–H and O–H groups in total. The van der Waals surface area contributed by atoms with Gasteiger partial charge < -0.3 is 19.6 Å². The van der Waals surface area contributed by atoms with E-state index in [1.165, 1.54) is 0 Å². The number of hydrogen-bond donors (Lipinski definition) is 1. The largest absolute Gasteiger partial charge is 0.481 e. The Balaban J connectivity index is 2.03. The van der Waals surface area contributed by atoms with Crippen molar-refractivity contribution in [3.8, 4) is 6.07 Å². The molecular weight excluding hydrogens is 262 g/mol. The van der Waals surface area contributed by atoms with Crippen LogP contribution in [0.1, 0.15) is 25.7 Å². The Morgan fingerprint density at radius 3 is 2.80 bits per heavy atom. The molecule has 2 rings (SSSR count). The summed E-state index contributed by atoms with van der Waals surface area (Å²) in [5.74, 6) is -0.937. The number of ether oxygens (including phenoxy) is 1. The second-order valence-corrected chi connectivity index (χ2v) is 5.14. The lowest BCUT2D eigenvalue weighted by molar-refractivity contribution is -0.139. The van der Waals surface area contributed by atoms with Crippen LogP contribution in [0.5, 0.6) is 0 Å². The van der Waals surface area contributed by atoms with Crippen molar-refractivity contribution in [2.75, 3.05) is 26.3 Å². The van der Waals surface area contributed by atoms with Crippen LogP contribution in [0.25, 0.3) is 0 Å². The van der Waals surface area contributed by atoms with E-state index >= 15 is 0 Å². The highest BCUT2D eigenvalue weighted by molar-refractivity contribution is 5.77. The van der Waals surface area contributed by atoms with Crippen molar-refractivity contribution in [3.63, 3.8) is 0 Å². The molecule has 1 saturated heterocycles. The van der Waals surface area contributed by atoms with Crippen molar-refractivity contribution in [1.29, 1.82) is 5.26 Å². The van der Waals surface area contributed by atoms with Crippen molar-refractivity contribution in [2.24, 2.45) is 0 Å². The molecule has 1 saturated carbocycles. The van der Waals surface area contributed by atoms with Crippen molar-refractivity contribution < 1.29 is 19.4 Å². The summed E-state index contributed by atoms with van der Waals surface area (Å²) in [6.07, 6.45) is 2.12. The highest BCUT2D eigenvalue weighted by Gasteiger charge is 2.38. The molecule has 7 nitrogen and oxygen atoms in total. The fourth-order valence-electron chi connectivity index (χ4n) is 2.43. The number of nitrogens with zero attached hydrogens (tertiary/aromatic N) is 3. The van der Waals surface area contributed by atoms with Crippen LogP contribution in [0.4, 0.5) is 4.79 Å². The van der Waals surface area contributed by atoms with E-state index in [4.69, 9.17) is 15.1 Å². The van der Waals surface area contributed by atoms with E-state index in [0.717, 1.165) is 12.8 Å². The van der Waals surface area contributed by atoms with Gasteiger partial charge in [-0.25, -0.2) is 4.79 Å². The van der Waals surface area contributed by atoms with Crippen LogP contribution in [-0.4, -0.2) is 65.3 Å². The number of hydrogen-bond acceptors (Lipinski definition) is 4. The fraction of sp³-hybridized carbons (Fsp3) is 0.769. The minimum Gasteiger partial charge on any atom is -0.481 e. The molecule has 2 aliphatic rings. The normalized spacial score (nSPS) is 22.1. The van der Waals surface area contributed by atoms with Crippen molar-refractivity contribution in [2.45, 2.75) is 37.8 Å². The maximum absolute atomic E-state index is 12.6. The van der Waals surface area contributed by atoms with Gasteiger partial charge in [0, 0.05) is 19.1 Å². The predicted molar refractivity (Wildman–Crippen MR) is 68.9 cm³/mol.